The lowest BCUT2D eigenvalue weighted by Crippen LogP contribution is -2.48. The van der Waals surface area contributed by atoms with Crippen LogP contribution in [0.5, 0.6) is 0 Å². The summed E-state index contributed by atoms with van der Waals surface area (Å²) in [5.41, 5.74) is 4.99. The molecule has 0 radical (unpaired) electrons. The fraction of sp³-hybridized carbons (Fsp3) is 0.636. The van der Waals surface area contributed by atoms with E-state index in [1.165, 1.54) is 6.07 Å². The van der Waals surface area contributed by atoms with Gasteiger partial charge in [-0.3, -0.25) is 0 Å². The summed E-state index contributed by atoms with van der Waals surface area (Å²) < 4.78 is 43.4. The average molecular weight is 276 g/mol. The van der Waals surface area contributed by atoms with Crippen molar-refractivity contribution in [2.24, 2.45) is 0 Å². The summed E-state index contributed by atoms with van der Waals surface area (Å²) in [6.45, 7) is 5.08. The molecule has 0 aromatic carbocycles. The highest BCUT2D eigenvalue weighted by Gasteiger charge is 2.36. The molecule has 0 unspecified atom stereocenters. The van der Waals surface area contributed by atoms with Gasteiger partial charge in [0.15, 0.2) is 0 Å². The van der Waals surface area contributed by atoms with Crippen LogP contribution in [0.25, 0.3) is 0 Å². The molecule has 1 fully saturated rings. The number of halogens is 3. The summed E-state index contributed by atoms with van der Waals surface area (Å²) in [6, 6.07) is 1.34. The first-order chi connectivity index (χ1) is 8.67. The number of anilines is 2. The fourth-order valence-corrected chi connectivity index (χ4v) is 1.95. The molecule has 1 aliphatic heterocycles. The molecule has 1 aromatic heterocycles. The molecule has 0 atom stereocenters. The molecule has 2 rings (SSSR count). The maximum Gasteiger partial charge on any atom is 0.451 e. The van der Waals surface area contributed by atoms with E-state index in [1.807, 2.05) is 13.8 Å². The minimum absolute atomic E-state index is 0.177. The lowest BCUT2D eigenvalue weighted by atomic mass is 10.1. The molecular formula is C11H15F3N4O. The van der Waals surface area contributed by atoms with Crippen LogP contribution in [-0.2, 0) is 10.9 Å². The van der Waals surface area contributed by atoms with E-state index in [4.69, 9.17) is 10.5 Å². The Hall–Kier alpha value is -1.57. The molecule has 1 aliphatic rings. The summed E-state index contributed by atoms with van der Waals surface area (Å²) in [7, 11) is 0. The number of nitrogens with two attached hydrogens (primary N) is 1. The lowest BCUT2D eigenvalue weighted by molar-refractivity contribution is -0.144. The van der Waals surface area contributed by atoms with Crippen LogP contribution in [0, 0.1) is 0 Å². The van der Waals surface area contributed by atoms with E-state index in [1.54, 1.807) is 4.90 Å². The number of hydrogen-bond donors (Lipinski definition) is 1. The summed E-state index contributed by atoms with van der Waals surface area (Å²) in [4.78, 5) is 8.49. The molecule has 0 bridgehead atoms. The minimum Gasteiger partial charge on any atom is -0.384 e. The van der Waals surface area contributed by atoms with E-state index < -0.39 is 17.6 Å². The standard InChI is InChI=1S/C11H15F3N4O/c1-10(2)6-18(3-4-19-10)8-5-7(15)16-9(17-8)11(12,13)14/h5H,3-4,6H2,1-2H3,(H2,15,16,17). The van der Waals surface area contributed by atoms with Crippen LogP contribution in [0.15, 0.2) is 6.07 Å². The van der Waals surface area contributed by atoms with Crippen molar-refractivity contribution in [3.05, 3.63) is 11.9 Å². The molecule has 0 spiro atoms. The predicted molar refractivity (Wildman–Crippen MR) is 63.7 cm³/mol. The van der Waals surface area contributed by atoms with E-state index in [-0.39, 0.29) is 11.6 Å². The van der Waals surface area contributed by atoms with Gasteiger partial charge in [0.25, 0.3) is 0 Å². The summed E-state index contributed by atoms with van der Waals surface area (Å²) >= 11 is 0. The molecular weight excluding hydrogens is 261 g/mol. The van der Waals surface area contributed by atoms with Crippen LogP contribution in [-0.4, -0.2) is 35.3 Å². The maximum atomic E-state index is 12.6. The van der Waals surface area contributed by atoms with Crippen LogP contribution < -0.4 is 10.6 Å². The summed E-state index contributed by atoms with van der Waals surface area (Å²) in [6.07, 6.45) is -4.61. The number of ether oxygens (including phenoxy) is 1. The quantitative estimate of drug-likeness (QED) is 0.845. The van der Waals surface area contributed by atoms with Gasteiger partial charge in [-0.15, -0.1) is 0 Å². The maximum absolute atomic E-state index is 12.6. The lowest BCUT2D eigenvalue weighted by Gasteiger charge is -2.38. The van der Waals surface area contributed by atoms with Crippen molar-refractivity contribution in [1.29, 1.82) is 0 Å². The Morgan fingerprint density at radius 2 is 2.05 bits per heavy atom. The molecule has 0 saturated carbocycles. The highest BCUT2D eigenvalue weighted by molar-refractivity contribution is 5.48. The summed E-state index contributed by atoms with van der Waals surface area (Å²) in [5.74, 6) is -1.23. The Labute approximate surface area is 108 Å². The minimum atomic E-state index is -4.61. The zero-order valence-electron chi connectivity index (χ0n) is 10.7. The Kier molecular flexibility index (Phi) is 3.29. The van der Waals surface area contributed by atoms with Gasteiger partial charge in [0.05, 0.1) is 12.2 Å². The van der Waals surface area contributed by atoms with Crippen LogP contribution in [0.1, 0.15) is 19.7 Å². The SMILES string of the molecule is CC1(C)CN(c2cc(N)nc(C(F)(F)F)n2)CCO1. The first kappa shape index (κ1) is 13.9. The molecule has 1 saturated heterocycles. The zero-order chi connectivity index (χ0) is 14.3. The summed E-state index contributed by atoms with van der Waals surface area (Å²) in [5, 5.41) is 0. The number of nitrogen functional groups attached to an aromatic ring is 1. The van der Waals surface area contributed by atoms with E-state index in [0.29, 0.717) is 19.7 Å². The van der Waals surface area contributed by atoms with Crippen molar-refractivity contribution in [3.8, 4) is 0 Å². The van der Waals surface area contributed by atoms with Crippen LogP contribution in [0.4, 0.5) is 24.8 Å². The van der Waals surface area contributed by atoms with Crippen molar-refractivity contribution >= 4 is 11.6 Å². The predicted octanol–water partition coefficient (Wildman–Crippen LogP) is 1.69. The van der Waals surface area contributed by atoms with Gasteiger partial charge in [0.1, 0.15) is 11.6 Å². The largest absolute Gasteiger partial charge is 0.451 e. The van der Waals surface area contributed by atoms with Crippen molar-refractivity contribution in [2.75, 3.05) is 30.3 Å². The van der Waals surface area contributed by atoms with Crippen LogP contribution >= 0.6 is 0 Å². The number of nitrogens with zero attached hydrogens (tertiary/aromatic N) is 3. The first-order valence-electron chi connectivity index (χ1n) is 5.78. The van der Waals surface area contributed by atoms with Gasteiger partial charge in [-0.2, -0.15) is 13.2 Å². The Bertz CT molecular complexity index is 475. The zero-order valence-corrected chi connectivity index (χ0v) is 10.7. The van der Waals surface area contributed by atoms with Gasteiger partial charge in [0.2, 0.25) is 5.82 Å². The van der Waals surface area contributed by atoms with E-state index in [2.05, 4.69) is 9.97 Å². The Morgan fingerprint density at radius 1 is 1.37 bits per heavy atom. The molecule has 8 heteroatoms. The molecule has 0 aliphatic carbocycles. The van der Waals surface area contributed by atoms with Crippen molar-refractivity contribution in [3.63, 3.8) is 0 Å². The highest BCUT2D eigenvalue weighted by Crippen LogP contribution is 2.29. The van der Waals surface area contributed by atoms with Gasteiger partial charge >= 0.3 is 6.18 Å². The van der Waals surface area contributed by atoms with E-state index in [9.17, 15) is 13.2 Å². The number of aromatic nitrogens is 2. The average Bonchev–Trinajstić information content (AvgIpc) is 2.25. The molecule has 2 heterocycles. The molecule has 2 N–H and O–H groups in total. The Balaban J connectivity index is 2.32. The van der Waals surface area contributed by atoms with Crippen molar-refractivity contribution in [2.45, 2.75) is 25.6 Å². The smallest absolute Gasteiger partial charge is 0.384 e. The number of hydrogen-bond acceptors (Lipinski definition) is 5. The van der Waals surface area contributed by atoms with Gasteiger partial charge < -0.3 is 15.4 Å². The molecule has 0 amide bonds. The normalized spacial score (nSPS) is 19.5. The number of alkyl halides is 3. The van der Waals surface area contributed by atoms with Crippen LogP contribution in [0.3, 0.4) is 0 Å². The molecule has 1 aromatic rings. The topological polar surface area (TPSA) is 64.3 Å². The van der Waals surface area contributed by atoms with Crippen LogP contribution in [0.2, 0.25) is 0 Å². The number of morpholine rings is 1. The highest BCUT2D eigenvalue weighted by atomic mass is 19.4. The molecule has 5 nitrogen and oxygen atoms in total. The third kappa shape index (κ3) is 3.25. The second kappa shape index (κ2) is 4.52. The monoisotopic (exact) mass is 276 g/mol. The second-order valence-corrected chi connectivity index (χ2v) is 5.00. The first-order valence-corrected chi connectivity index (χ1v) is 5.78. The van der Waals surface area contributed by atoms with Gasteiger partial charge in [-0.1, -0.05) is 0 Å². The van der Waals surface area contributed by atoms with Gasteiger partial charge in [0, 0.05) is 19.2 Å². The third-order valence-electron chi connectivity index (χ3n) is 2.74. The Morgan fingerprint density at radius 3 is 2.63 bits per heavy atom. The third-order valence-corrected chi connectivity index (χ3v) is 2.74. The fourth-order valence-electron chi connectivity index (χ4n) is 1.95. The molecule has 19 heavy (non-hydrogen) atoms. The van der Waals surface area contributed by atoms with Crippen molar-refractivity contribution < 1.29 is 17.9 Å². The van der Waals surface area contributed by atoms with E-state index >= 15 is 0 Å². The van der Waals surface area contributed by atoms with E-state index in [0.717, 1.165) is 0 Å². The van der Waals surface area contributed by atoms with Crippen molar-refractivity contribution in [1.82, 2.24) is 9.97 Å². The molecule has 106 valence electrons. The second-order valence-electron chi connectivity index (χ2n) is 5.00. The van der Waals surface area contributed by atoms with Gasteiger partial charge in [-0.25, -0.2) is 9.97 Å². The van der Waals surface area contributed by atoms with Gasteiger partial charge in [-0.05, 0) is 13.8 Å². The number of rotatable bonds is 1.